The zero-order chi connectivity index (χ0) is 46.7. The Labute approximate surface area is 398 Å². The summed E-state index contributed by atoms with van der Waals surface area (Å²) in [6.07, 6.45) is 66.0. The topological polar surface area (TPSA) is 110 Å². The van der Waals surface area contributed by atoms with Gasteiger partial charge < -0.3 is 25.7 Å². The van der Waals surface area contributed by atoms with Gasteiger partial charge in [0.05, 0.1) is 18.8 Å². The summed E-state index contributed by atoms with van der Waals surface area (Å²) in [4.78, 5) is 12.6. The standard InChI is InChI=1S/C58H109NO5/c1-3-5-7-9-11-13-15-17-19-21-23-25-27-29-31-33-35-37-39-41-43-45-47-49-51-55(61)57(63)54(53-60)59-58(64)56(62)52-50-48-46-44-42-40-38-36-34-32-30-28-26-24-22-20-18-16-14-12-10-8-6-4-2/h24,26,30,32,35,37,43,45,54-57,60-63H,3-23,25,27-29,31,33-34,36,38-42,44,46-53H2,1-2H3,(H,59,64)/b26-24-,32-30-,37-35+,45-43+. The van der Waals surface area contributed by atoms with E-state index in [1.807, 2.05) is 0 Å². The quantitative estimate of drug-likeness (QED) is 0.0309. The number of amides is 1. The maximum atomic E-state index is 12.6. The summed E-state index contributed by atoms with van der Waals surface area (Å²) in [5.41, 5.74) is 0. The van der Waals surface area contributed by atoms with Crippen molar-refractivity contribution in [3.63, 3.8) is 0 Å². The number of carbonyl (C=O) groups excluding carboxylic acids is 1. The van der Waals surface area contributed by atoms with Crippen LogP contribution in [0.4, 0.5) is 0 Å². The third kappa shape index (κ3) is 45.4. The Bertz CT molecular complexity index is 1060. The zero-order valence-electron chi connectivity index (χ0n) is 42.5. The summed E-state index contributed by atoms with van der Waals surface area (Å²) in [6.45, 7) is 4.06. The van der Waals surface area contributed by atoms with Gasteiger partial charge in [-0.25, -0.2) is 0 Å². The van der Waals surface area contributed by atoms with Gasteiger partial charge in [0.1, 0.15) is 12.2 Å². The van der Waals surface area contributed by atoms with Gasteiger partial charge in [-0.15, -0.1) is 0 Å². The molecular formula is C58H109NO5. The summed E-state index contributed by atoms with van der Waals surface area (Å²) in [5, 5.41) is 43.9. The molecule has 6 heteroatoms. The molecule has 4 unspecified atom stereocenters. The second kappa shape index (κ2) is 52.2. The van der Waals surface area contributed by atoms with Crippen molar-refractivity contribution in [2.45, 2.75) is 308 Å². The first kappa shape index (κ1) is 62.3. The third-order valence-corrected chi connectivity index (χ3v) is 13.0. The molecule has 0 saturated heterocycles. The van der Waals surface area contributed by atoms with E-state index in [2.05, 4.69) is 67.8 Å². The number of nitrogens with one attached hydrogen (secondary N) is 1. The van der Waals surface area contributed by atoms with Gasteiger partial charge in [0.25, 0.3) is 0 Å². The highest BCUT2D eigenvalue weighted by Gasteiger charge is 2.28. The average Bonchev–Trinajstić information content (AvgIpc) is 3.30. The highest BCUT2D eigenvalue weighted by atomic mass is 16.3. The molecule has 0 fully saturated rings. The number of aliphatic hydroxyl groups excluding tert-OH is 4. The lowest BCUT2D eigenvalue weighted by molar-refractivity contribution is -0.132. The number of hydrogen-bond acceptors (Lipinski definition) is 5. The molecule has 0 aromatic rings. The fourth-order valence-electron chi connectivity index (χ4n) is 8.57. The number of rotatable bonds is 51. The normalized spacial score (nSPS) is 14.2. The Morgan fingerprint density at radius 1 is 0.391 bits per heavy atom. The van der Waals surface area contributed by atoms with Gasteiger partial charge in [0.2, 0.25) is 5.91 Å². The SMILES string of the molecule is CCCCCCCCCCC/C=C\C/C=C\CCCCCCCCCCC(O)C(=O)NC(CO)C(O)C(O)CCC/C=C/CC/C=C/CCCCCCCCCCCCCCCCC. The molecule has 5 N–H and O–H groups in total. The molecule has 1 amide bonds. The van der Waals surface area contributed by atoms with Crippen LogP contribution in [0.25, 0.3) is 0 Å². The lowest BCUT2D eigenvalue weighted by atomic mass is 10.00. The highest BCUT2D eigenvalue weighted by molar-refractivity contribution is 5.80. The number of aliphatic hydroxyl groups is 4. The summed E-state index contributed by atoms with van der Waals surface area (Å²) in [6, 6.07) is -1.01. The van der Waals surface area contributed by atoms with Crippen molar-refractivity contribution in [3.8, 4) is 0 Å². The monoisotopic (exact) mass is 900 g/mol. The van der Waals surface area contributed by atoms with Gasteiger partial charge >= 0.3 is 0 Å². The lowest BCUT2D eigenvalue weighted by Gasteiger charge is -2.27. The van der Waals surface area contributed by atoms with Crippen LogP contribution in [-0.4, -0.2) is 57.3 Å². The van der Waals surface area contributed by atoms with Crippen LogP contribution in [0.3, 0.4) is 0 Å². The fraction of sp³-hybridized carbons (Fsp3) is 0.845. The maximum Gasteiger partial charge on any atom is 0.249 e. The van der Waals surface area contributed by atoms with E-state index in [0.717, 1.165) is 51.4 Å². The van der Waals surface area contributed by atoms with Crippen LogP contribution in [0.15, 0.2) is 48.6 Å². The molecule has 0 bridgehead atoms. The number of hydrogen-bond donors (Lipinski definition) is 5. The Morgan fingerprint density at radius 2 is 0.703 bits per heavy atom. The molecule has 64 heavy (non-hydrogen) atoms. The lowest BCUT2D eigenvalue weighted by Crippen LogP contribution is -2.53. The summed E-state index contributed by atoms with van der Waals surface area (Å²) >= 11 is 0. The number of allylic oxidation sites excluding steroid dienone is 8. The Hall–Kier alpha value is -1.73. The van der Waals surface area contributed by atoms with Crippen molar-refractivity contribution in [2.24, 2.45) is 0 Å². The minimum atomic E-state index is -1.29. The Balaban J connectivity index is 3.72. The molecule has 0 radical (unpaired) electrons. The first-order valence-corrected chi connectivity index (χ1v) is 28.0. The van der Waals surface area contributed by atoms with E-state index in [-0.39, 0.29) is 0 Å². The van der Waals surface area contributed by atoms with Crippen molar-refractivity contribution < 1.29 is 25.2 Å². The predicted octanol–water partition coefficient (Wildman–Crippen LogP) is 16.2. The molecule has 0 aliphatic carbocycles. The molecular weight excluding hydrogens is 791 g/mol. The van der Waals surface area contributed by atoms with Gasteiger partial charge in [0, 0.05) is 0 Å². The molecule has 0 heterocycles. The van der Waals surface area contributed by atoms with Crippen molar-refractivity contribution in [3.05, 3.63) is 48.6 Å². The number of unbranched alkanes of at least 4 members (excludes halogenated alkanes) is 34. The third-order valence-electron chi connectivity index (χ3n) is 13.0. The Kier molecular flexibility index (Phi) is 50.8. The van der Waals surface area contributed by atoms with E-state index >= 15 is 0 Å². The molecule has 4 atom stereocenters. The van der Waals surface area contributed by atoms with E-state index in [9.17, 15) is 25.2 Å². The molecule has 0 aromatic heterocycles. The summed E-state index contributed by atoms with van der Waals surface area (Å²) in [7, 11) is 0. The van der Waals surface area contributed by atoms with Crippen LogP contribution < -0.4 is 5.32 Å². The van der Waals surface area contributed by atoms with Crippen LogP contribution in [-0.2, 0) is 4.79 Å². The predicted molar refractivity (Wildman–Crippen MR) is 279 cm³/mol. The minimum Gasteiger partial charge on any atom is -0.394 e. The van der Waals surface area contributed by atoms with Crippen molar-refractivity contribution >= 4 is 5.91 Å². The first-order valence-electron chi connectivity index (χ1n) is 28.0. The molecule has 6 nitrogen and oxygen atoms in total. The van der Waals surface area contributed by atoms with Crippen LogP contribution in [0.2, 0.25) is 0 Å². The van der Waals surface area contributed by atoms with Crippen molar-refractivity contribution in [1.82, 2.24) is 5.32 Å². The molecule has 0 aromatic carbocycles. The zero-order valence-corrected chi connectivity index (χ0v) is 42.5. The molecule has 0 rings (SSSR count). The smallest absolute Gasteiger partial charge is 0.249 e. The van der Waals surface area contributed by atoms with Crippen LogP contribution in [0.1, 0.15) is 284 Å². The van der Waals surface area contributed by atoms with Gasteiger partial charge in [0.15, 0.2) is 0 Å². The van der Waals surface area contributed by atoms with E-state index in [0.29, 0.717) is 19.3 Å². The van der Waals surface area contributed by atoms with E-state index in [1.165, 1.54) is 199 Å². The molecule has 0 aliphatic heterocycles. The maximum absolute atomic E-state index is 12.6. The second-order valence-corrected chi connectivity index (χ2v) is 19.3. The van der Waals surface area contributed by atoms with Crippen LogP contribution in [0, 0.1) is 0 Å². The van der Waals surface area contributed by atoms with E-state index in [1.54, 1.807) is 0 Å². The van der Waals surface area contributed by atoms with Gasteiger partial charge in [-0.3, -0.25) is 4.79 Å². The average molecular weight is 901 g/mol. The van der Waals surface area contributed by atoms with Gasteiger partial charge in [-0.1, -0.05) is 249 Å². The Morgan fingerprint density at radius 3 is 1.08 bits per heavy atom. The minimum absolute atomic E-state index is 0.352. The molecule has 0 aliphatic rings. The van der Waals surface area contributed by atoms with Crippen molar-refractivity contribution in [1.29, 1.82) is 0 Å². The van der Waals surface area contributed by atoms with E-state index in [4.69, 9.17) is 0 Å². The molecule has 376 valence electrons. The number of carbonyl (C=O) groups is 1. The van der Waals surface area contributed by atoms with Crippen molar-refractivity contribution in [2.75, 3.05) is 6.61 Å². The van der Waals surface area contributed by atoms with Gasteiger partial charge in [-0.05, 0) is 83.5 Å². The van der Waals surface area contributed by atoms with Gasteiger partial charge in [-0.2, -0.15) is 0 Å². The van der Waals surface area contributed by atoms with Crippen LogP contribution in [0.5, 0.6) is 0 Å². The highest BCUT2D eigenvalue weighted by Crippen LogP contribution is 2.16. The van der Waals surface area contributed by atoms with E-state index < -0.39 is 36.9 Å². The first-order chi connectivity index (χ1) is 31.5. The molecule has 0 saturated carbocycles. The van der Waals surface area contributed by atoms with Crippen LogP contribution >= 0.6 is 0 Å². The second-order valence-electron chi connectivity index (χ2n) is 19.3. The largest absolute Gasteiger partial charge is 0.394 e. The summed E-state index contributed by atoms with van der Waals surface area (Å²) in [5.74, 6) is -0.601. The fourth-order valence-corrected chi connectivity index (χ4v) is 8.57. The molecule has 0 spiro atoms. The summed E-state index contributed by atoms with van der Waals surface area (Å²) < 4.78 is 0.